The summed E-state index contributed by atoms with van der Waals surface area (Å²) in [6.07, 6.45) is 0.942. The maximum Gasteiger partial charge on any atom is 0.221 e. The summed E-state index contributed by atoms with van der Waals surface area (Å²) in [6.45, 7) is 5.66. The lowest BCUT2D eigenvalue weighted by Crippen LogP contribution is -2.07. The van der Waals surface area contributed by atoms with E-state index in [1.807, 2.05) is 12.1 Å². The van der Waals surface area contributed by atoms with Gasteiger partial charge >= 0.3 is 0 Å². The zero-order valence-electron chi connectivity index (χ0n) is 8.35. The average molecular weight is 177 g/mol. The number of carbonyl (C=O) groups excluding carboxylic acids is 1. The molecule has 2 heteroatoms. The van der Waals surface area contributed by atoms with E-state index in [-0.39, 0.29) is 5.91 Å². The first-order chi connectivity index (χ1) is 6.13. The number of anilines is 1. The number of rotatable bonds is 2. The summed E-state index contributed by atoms with van der Waals surface area (Å²) >= 11 is 0. The molecule has 0 unspecified atom stereocenters. The quantitative estimate of drug-likeness (QED) is 0.739. The van der Waals surface area contributed by atoms with Crippen molar-refractivity contribution in [3.05, 3.63) is 29.3 Å². The van der Waals surface area contributed by atoms with Gasteiger partial charge in [-0.2, -0.15) is 0 Å². The van der Waals surface area contributed by atoms with Gasteiger partial charge in [-0.3, -0.25) is 4.79 Å². The highest BCUT2D eigenvalue weighted by Crippen LogP contribution is 2.17. The fourth-order valence-corrected chi connectivity index (χ4v) is 1.33. The van der Waals surface area contributed by atoms with Gasteiger partial charge in [0.2, 0.25) is 5.91 Å². The van der Waals surface area contributed by atoms with Crippen LogP contribution in [-0.4, -0.2) is 5.91 Å². The van der Waals surface area contributed by atoms with Gasteiger partial charge in [-0.15, -0.1) is 0 Å². The molecule has 0 saturated carbocycles. The molecule has 1 aromatic carbocycles. The number of carbonyl (C=O) groups is 1. The van der Waals surface area contributed by atoms with Crippen LogP contribution in [-0.2, 0) is 11.2 Å². The minimum atomic E-state index is -0.0152. The van der Waals surface area contributed by atoms with E-state index in [1.165, 1.54) is 18.1 Å². The topological polar surface area (TPSA) is 29.1 Å². The summed E-state index contributed by atoms with van der Waals surface area (Å²) in [6, 6.07) is 6.06. The molecule has 0 radical (unpaired) electrons. The zero-order chi connectivity index (χ0) is 9.84. The van der Waals surface area contributed by atoms with E-state index >= 15 is 0 Å². The van der Waals surface area contributed by atoms with Gasteiger partial charge in [0.25, 0.3) is 0 Å². The minimum Gasteiger partial charge on any atom is -0.326 e. The molecule has 1 aromatic rings. The highest BCUT2D eigenvalue weighted by atomic mass is 16.1. The number of hydrogen-bond acceptors (Lipinski definition) is 1. The number of amides is 1. The maximum absolute atomic E-state index is 10.9. The van der Waals surface area contributed by atoms with Crippen LogP contribution >= 0.6 is 0 Å². The second-order valence-electron chi connectivity index (χ2n) is 3.20. The Hall–Kier alpha value is -1.31. The fourth-order valence-electron chi connectivity index (χ4n) is 1.33. The maximum atomic E-state index is 10.9. The predicted octanol–water partition coefficient (Wildman–Crippen LogP) is 2.52. The average Bonchev–Trinajstić information content (AvgIpc) is 2.07. The molecule has 0 aliphatic rings. The molecule has 0 heterocycles. The molecular weight excluding hydrogens is 162 g/mol. The Labute approximate surface area is 79.0 Å². The van der Waals surface area contributed by atoms with E-state index in [0.717, 1.165) is 12.1 Å². The van der Waals surface area contributed by atoms with E-state index in [9.17, 15) is 4.79 Å². The van der Waals surface area contributed by atoms with E-state index in [4.69, 9.17) is 0 Å². The first-order valence-corrected chi connectivity index (χ1v) is 4.50. The van der Waals surface area contributed by atoms with Crippen LogP contribution in [0.2, 0.25) is 0 Å². The summed E-state index contributed by atoms with van der Waals surface area (Å²) in [5, 5.41) is 2.81. The molecule has 1 amide bonds. The minimum absolute atomic E-state index is 0.0152. The van der Waals surface area contributed by atoms with Crippen LogP contribution in [0.15, 0.2) is 18.2 Å². The van der Waals surface area contributed by atoms with Crippen molar-refractivity contribution in [2.45, 2.75) is 27.2 Å². The SMILES string of the molecule is CCc1cc(C)ccc1NC(C)=O. The highest BCUT2D eigenvalue weighted by Gasteiger charge is 2.01. The first kappa shape index (κ1) is 9.78. The number of benzene rings is 1. The molecule has 13 heavy (non-hydrogen) atoms. The van der Waals surface area contributed by atoms with Crippen LogP contribution in [0.3, 0.4) is 0 Å². The van der Waals surface area contributed by atoms with Crippen LogP contribution in [0, 0.1) is 6.92 Å². The van der Waals surface area contributed by atoms with Gasteiger partial charge in [0.1, 0.15) is 0 Å². The van der Waals surface area contributed by atoms with Gasteiger partial charge in [0.05, 0.1) is 0 Å². The van der Waals surface area contributed by atoms with Crippen molar-refractivity contribution in [3.8, 4) is 0 Å². The molecule has 0 bridgehead atoms. The lowest BCUT2D eigenvalue weighted by molar-refractivity contribution is -0.114. The van der Waals surface area contributed by atoms with E-state index in [0.29, 0.717) is 0 Å². The van der Waals surface area contributed by atoms with Crippen molar-refractivity contribution in [2.75, 3.05) is 5.32 Å². The summed E-state index contributed by atoms with van der Waals surface area (Å²) in [5.74, 6) is -0.0152. The van der Waals surface area contributed by atoms with Crippen molar-refractivity contribution in [2.24, 2.45) is 0 Å². The highest BCUT2D eigenvalue weighted by molar-refractivity contribution is 5.89. The number of nitrogens with one attached hydrogen (secondary N) is 1. The largest absolute Gasteiger partial charge is 0.326 e. The smallest absolute Gasteiger partial charge is 0.221 e. The Kier molecular flexibility index (Phi) is 3.07. The molecule has 0 aliphatic carbocycles. The second kappa shape index (κ2) is 4.08. The zero-order valence-corrected chi connectivity index (χ0v) is 8.35. The molecule has 1 rings (SSSR count). The standard InChI is InChI=1S/C11H15NO/c1-4-10-7-8(2)5-6-11(10)12-9(3)13/h5-7H,4H2,1-3H3,(H,12,13). The second-order valence-corrected chi connectivity index (χ2v) is 3.20. The van der Waals surface area contributed by atoms with Crippen molar-refractivity contribution < 1.29 is 4.79 Å². The Morgan fingerprint density at radius 3 is 2.69 bits per heavy atom. The summed E-state index contributed by atoms with van der Waals surface area (Å²) in [4.78, 5) is 10.9. The van der Waals surface area contributed by atoms with Gasteiger partial charge in [0.15, 0.2) is 0 Å². The van der Waals surface area contributed by atoms with Gasteiger partial charge in [-0.05, 0) is 25.0 Å². The van der Waals surface area contributed by atoms with Crippen molar-refractivity contribution in [1.82, 2.24) is 0 Å². The van der Waals surface area contributed by atoms with E-state index in [1.54, 1.807) is 0 Å². The predicted molar refractivity (Wildman–Crippen MR) is 54.9 cm³/mol. The third kappa shape index (κ3) is 2.58. The Morgan fingerprint density at radius 1 is 1.46 bits per heavy atom. The van der Waals surface area contributed by atoms with Crippen LogP contribution in [0.1, 0.15) is 25.0 Å². The molecule has 70 valence electrons. The first-order valence-electron chi connectivity index (χ1n) is 4.50. The van der Waals surface area contributed by atoms with E-state index in [2.05, 4.69) is 25.2 Å². The number of hydrogen-bond donors (Lipinski definition) is 1. The van der Waals surface area contributed by atoms with Crippen molar-refractivity contribution in [3.63, 3.8) is 0 Å². The van der Waals surface area contributed by atoms with Gasteiger partial charge in [-0.25, -0.2) is 0 Å². The van der Waals surface area contributed by atoms with Crippen LogP contribution in [0.5, 0.6) is 0 Å². The summed E-state index contributed by atoms with van der Waals surface area (Å²) in [7, 11) is 0. The lowest BCUT2D eigenvalue weighted by Gasteiger charge is -2.08. The third-order valence-corrected chi connectivity index (χ3v) is 1.95. The molecular formula is C11H15NO. The van der Waals surface area contributed by atoms with Gasteiger partial charge in [0, 0.05) is 12.6 Å². The molecule has 0 aromatic heterocycles. The molecule has 0 spiro atoms. The monoisotopic (exact) mass is 177 g/mol. The molecule has 0 atom stereocenters. The Morgan fingerprint density at radius 2 is 2.15 bits per heavy atom. The molecule has 0 fully saturated rings. The van der Waals surface area contributed by atoms with Crippen LogP contribution in [0.25, 0.3) is 0 Å². The van der Waals surface area contributed by atoms with Gasteiger partial charge in [-0.1, -0.05) is 24.6 Å². The van der Waals surface area contributed by atoms with Crippen molar-refractivity contribution >= 4 is 11.6 Å². The molecule has 0 saturated heterocycles. The molecule has 2 nitrogen and oxygen atoms in total. The normalized spacial score (nSPS) is 9.77. The summed E-state index contributed by atoms with van der Waals surface area (Å²) < 4.78 is 0. The van der Waals surface area contributed by atoms with Gasteiger partial charge < -0.3 is 5.32 Å². The fraction of sp³-hybridized carbons (Fsp3) is 0.364. The van der Waals surface area contributed by atoms with Crippen molar-refractivity contribution in [1.29, 1.82) is 0 Å². The number of aryl methyl sites for hydroxylation is 2. The molecule has 1 N–H and O–H groups in total. The lowest BCUT2D eigenvalue weighted by atomic mass is 10.1. The van der Waals surface area contributed by atoms with Crippen LogP contribution in [0.4, 0.5) is 5.69 Å². The van der Waals surface area contributed by atoms with E-state index < -0.39 is 0 Å². The van der Waals surface area contributed by atoms with Crippen LogP contribution < -0.4 is 5.32 Å². The Balaban J connectivity index is 2.99. The molecule has 0 aliphatic heterocycles. The summed E-state index contributed by atoms with van der Waals surface area (Å²) in [5.41, 5.74) is 3.35. The Bertz CT molecular complexity index is 318. The third-order valence-electron chi connectivity index (χ3n) is 1.95.